The quantitative estimate of drug-likeness (QED) is 0.652. The second-order valence-electron chi connectivity index (χ2n) is 5.70. The van der Waals surface area contributed by atoms with Crippen LogP contribution in [-0.4, -0.2) is 56.7 Å². The maximum absolute atomic E-state index is 6.11. The van der Waals surface area contributed by atoms with Crippen molar-refractivity contribution in [3.8, 4) is 5.75 Å². The molecule has 0 radical (unpaired) electrons. The van der Waals surface area contributed by atoms with E-state index in [0.29, 0.717) is 16.8 Å². The van der Waals surface area contributed by atoms with Crippen LogP contribution in [0, 0.1) is 0 Å². The topological polar surface area (TPSA) is 53.8 Å². The Bertz CT molecular complexity index is 471. The summed E-state index contributed by atoms with van der Waals surface area (Å²) >= 11 is 6.11. The fraction of sp³-hybridized carbons (Fsp3) is 0.600. The van der Waals surface area contributed by atoms with Gasteiger partial charge in [0.05, 0.1) is 18.2 Å². The molecule has 1 aromatic rings. The number of hydrazine groups is 1. The molecular formula is C15H25ClN4O. The fourth-order valence-electron chi connectivity index (χ4n) is 2.97. The third-order valence-electron chi connectivity index (χ3n) is 4.21. The molecule has 2 atom stereocenters. The Hall–Kier alpha value is -0.850. The highest BCUT2D eigenvalue weighted by atomic mass is 35.5. The highest BCUT2D eigenvalue weighted by molar-refractivity contribution is 6.32. The van der Waals surface area contributed by atoms with Crippen LogP contribution in [0.25, 0.3) is 0 Å². The molecule has 0 aromatic heterocycles. The highest BCUT2D eigenvalue weighted by Gasteiger charge is 2.29. The maximum Gasteiger partial charge on any atom is 0.137 e. The van der Waals surface area contributed by atoms with Crippen LogP contribution >= 0.6 is 11.6 Å². The number of nitrogens with two attached hydrogens (primary N) is 1. The van der Waals surface area contributed by atoms with Crippen LogP contribution in [0.1, 0.15) is 18.0 Å². The van der Waals surface area contributed by atoms with Crippen molar-refractivity contribution in [2.75, 3.05) is 40.8 Å². The minimum Gasteiger partial charge on any atom is -0.495 e. The van der Waals surface area contributed by atoms with Crippen LogP contribution in [0.5, 0.6) is 5.75 Å². The summed E-state index contributed by atoms with van der Waals surface area (Å²) in [6, 6.07) is 6.16. The Balaban J connectivity index is 2.28. The van der Waals surface area contributed by atoms with Gasteiger partial charge in [-0.2, -0.15) is 0 Å². The predicted molar refractivity (Wildman–Crippen MR) is 86.6 cm³/mol. The summed E-state index contributed by atoms with van der Waals surface area (Å²) < 4.78 is 5.32. The zero-order chi connectivity index (χ0) is 15.4. The first kappa shape index (κ1) is 16.5. The number of ether oxygens (including phenoxy) is 1. The molecule has 1 aromatic carbocycles. The van der Waals surface area contributed by atoms with E-state index in [0.717, 1.165) is 25.2 Å². The predicted octanol–water partition coefficient (Wildman–Crippen LogP) is 1.49. The first-order chi connectivity index (χ1) is 10.1. The van der Waals surface area contributed by atoms with E-state index in [1.54, 1.807) is 7.11 Å². The molecule has 1 fully saturated rings. The van der Waals surface area contributed by atoms with E-state index in [-0.39, 0.29) is 6.04 Å². The van der Waals surface area contributed by atoms with Crippen molar-refractivity contribution in [1.29, 1.82) is 0 Å². The van der Waals surface area contributed by atoms with Gasteiger partial charge in [-0.25, -0.2) is 0 Å². The second-order valence-corrected chi connectivity index (χ2v) is 6.11. The largest absolute Gasteiger partial charge is 0.495 e. The molecule has 0 saturated carbocycles. The number of benzene rings is 1. The normalized spacial score (nSPS) is 22.8. The van der Waals surface area contributed by atoms with Crippen LogP contribution in [0.4, 0.5) is 0 Å². The van der Waals surface area contributed by atoms with E-state index in [4.69, 9.17) is 22.2 Å². The monoisotopic (exact) mass is 312 g/mol. The molecule has 1 aliphatic rings. The molecule has 118 valence electrons. The third kappa shape index (κ3) is 3.87. The zero-order valence-corrected chi connectivity index (χ0v) is 13.7. The van der Waals surface area contributed by atoms with E-state index in [1.165, 1.54) is 6.42 Å². The summed E-state index contributed by atoms with van der Waals surface area (Å²) in [5.41, 5.74) is 4.06. The molecule has 2 rings (SSSR count). The molecular weight excluding hydrogens is 288 g/mol. The van der Waals surface area contributed by atoms with Gasteiger partial charge in [0, 0.05) is 12.6 Å². The number of halogens is 1. The van der Waals surface area contributed by atoms with Crippen molar-refractivity contribution in [3.63, 3.8) is 0 Å². The SMILES string of the molecule is COc1cc(C(NN)C2CN(C)CCCN2C)ccc1Cl. The molecule has 0 spiro atoms. The van der Waals surface area contributed by atoms with Crippen LogP contribution in [-0.2, 0) is 0 Å². The molecule has 0 amide bonds. The van der Waals surface area contributed by atoms with Crippen molar-refractivity contribution >= 4 is 11.6 Å². The van der Waals surface area contributed by atoms with Gasteiger partial charge in [-0.15, -0.1) is 0 Å². The summed E-state index contributed by atoms with van der Waals surface area (Å²) in [6.07, 6.45) is 1.17. The number of nitrogens with one attached hydrogen (secondary N) is 1. The van der Waals surface area contributed by atoms with Gasteiger partial charge in [0.15, 0.2) is 0 Å². The molecule has 2 unspecified atom stereocenters. The average Bonchev–Trinajstić information content (AvgIpc) is 2.63. The maximum atomic E-state index is 6.11. The van der Waals surface area contributed by atoms with Crippen LogP contribution in [0.15, 0.2) is 18.2 Å². The van der Waals surface area contributed by atoms with Crippen molar-refractivity contribution in [3.05, 3.63) is 28.8 Å². The lowest BCUT2D eigenvalue weighted by Gasteiger charge is -2.34. The molecule has 1 aliphatic heterocycles. The summed E-state index contributed by atoms with van der Waals surface area (Å²) in [6.45, 7) is 3.15. The van der Waals surface area contributed by atoms with Crippen LogP contribution in [0.3, 0.4) is 0 Å². The number of hydrogen-bond donors (Lipinski definition) is 2. The molecule has 3 N–H and O–H groups in total. The second kappa shape index (κ2) is 7.42. The zero-order valence-electron chi connectivity index (χ0n) is 13.0. The first-order valence-corrected chi connectivity index (χ1v) is 7.63. The number of rotatable bonds is 4. The van der Waals surface area contributed by atoms with E-state index in [2.05, 4.69) is 29.3 Å². The standard InChI is InChI=1S/C15H25ClN4O/c1-19-7-4-8-20(2)13(10-19)15(18-17)11-5-6-12(16)14(9-11)21-3/h5-6,9,13,15,18H,4,7-8,10,17H2,1-3H3. The Morgan fingerprint density at radius 2 is 2.14 bits per heavy atom. The molecule has 0 aliphatic carbocycles. The van der Waals surface area contributed by atoms with Crippen molar-refractivity contribution in [2.45, 2.75) is 18.5 Å². The van der Waals surface area contributed by atoms with Gasteiger partial charge >= 0.3 is 0 Å². The van der Waals surface area contributed by atoms with Gasteiger partial charge < -0.3 is 14.5 Å². The molecule has 6 heteroatoms. The van der Waals surface area contributed by atoms with Crippen molar-refractivity contribution in [1.82, 2.24) is 15.2 Å². The molecule has 1 heterocycles. The van der Waals surface area contributed by atoms with Crippen LogP contribution in [0.2, 0.25) is 5.02 Å². The number of methoxy groups -OCH3 is 1. The van der Waals surface area contributed by atoms with Gasteiger partial charge in [0.2, 0.25) is 0 Å². The Labute approximate surface area is 132 Å². The Kier molecular flexibility index (Phi) is 5.84. The van der Waals surface area contributed by atoms with Gasteiger partial charge in [-0.3, -0.25) is 11.3 Å². The third-order valence-corrected chi connectivity index (χ3v) is 4.53. The van der Waals surface area contributed by atoms with E-state index >= 15 is 0 Å². The van der Waals surface area contributed by atoms with E-state index in [9.17, 15) is 0 Å². The minimum atomic E-state index is 0.0294. The van der Waals surface area contributed by atoms with Gasteiger partial charge in [0.1, 0.15) is 5.75 Å². The minimum absolute atomic E-state index is 0.0294. The summed E-state index contributed by atoms with van der Waals surface area (Å²) in [5.74, 6) is 6.53. The summed E-state index contributed by atoms with van der Waals surface area (Å²) in [5, 5.41) is 0.614. The molecule has 1 saturated heterocycles. The lowest BCUT2D eigenvalue weighted by atomic mass is 9.98. The van der Waals surface area contributed by atoms with E-state index in [1.807, 2.05) is 18.2 Å². The smallest absolute Gasteiger partial charge is 0.137 e. The van der Waals surface area contributed by atoms with Crippen LogP contribution < -0.4 is 16.0 Å². The Morgan fingerprint density at radius 3 is 2.81 bits per heavy atom. The van der Waals surface area contributed by atoms with Gasteiger partial charge in [0.25, 0.3) is 0 Å². The number of likely N-dealkylation sites (N-methyl/N-ethyl adjacent to an activating group) is 2. The number of hydrogen-bond acceptors (Lipinski definition) is 5. The summed E-state index contributed by atoms with van der Waals surface area (Å²) in [4.78, 5) is 4.72. The molecule has 21 heavy (non-hydrogen) atoms. The fourth-order valence-corrected chi connectivity index (χ4v) is 3.16. The van der Waals surface area contributed by atoms with Crippen molar-refractivity contribution < 1.29 is 4.74 Å². The highest BCUT2D eigenvalue weighted by Crippen LogP contribution is 2.30. The number of nitrogens with zero attached hydrogens (tertiary/aromatic N) is 2. The molecule has 0 bridgehead atoms. The van der Waals surface area contributed by atoms with Gasteiger partial charge in [-0.1, -0.05) is 17.7 Å². The lowest BCUT2D eigenvalue weighted by Crippen LogP contribution is -2.48. The van der Waals surface area contributed by atoms with Crippen molar-refractivity contribution in [2.24, 2.45) is 5.84 Å². The Morgan fingerprint density at radius 1 is 1.38 bits per heavy atom. The lowest BCUT2D eigenvalue weighted by molar-refractivity contribution is 0.178. The molecule has 5 nitrogen and oxygen atoms in total. The summed E-state index contributed by atoms with van der Waals surface area (Å²) in [7, 11) is 5.94. The van der Waals surface area contributed by atoms with E-state index < -0.39 is 0 Å². The van der Waals surface area contributed by atoms with Gasteiger partial charge in [-0.05, 0) is 51.3 Å². The first-order valence-electron chi connectivity index (χ1n) is 7.25. The average molecular weight is 313 g/mol.